The van der Waals surface area contributed by atoms with Gasteiger partial charge in [-0.25, -0.2) is 4.79 Å². The molecular formula is C20H23NO3. The van der Waals surface area contributed by atoms with Crippen LogP contribution in [0.15, 0.2) is 48.5 Å². The summed E-state index contributed by atoms with van der Waals surface area (Å²) in [5, 5.41) is 0. The third kappa shape index (κ3) is 3.09. The molecule has 4 heteroatoms. The minimum atomic E-state index is -0.307. The van der Waals surface area contributed by atoms with Gasteiger partial charge < -0.3 is 9.47 Å². The van der Waals surface area contributed by atoms with Crippen molar-refractivity contribution in [2.45, 2.75) is 45.9 Å². The Bertz CT molecular complexity index is 727. The van der Waals surface area contributed by atoms with Gasteiger partial charge >= 0.3 is 6.09 Å². The van der Waals surface area contributed by atoms with Gasteiger partial charge in [-0.3, -0.25) is 4.90 Å². The average molecular weight is 325 g/mol. The van der Waals surface area contributed by atoms with Gasteiger partial charge in [0, 0.05) is 11.6 Å². The molecule has 0 bridgehead atoms. The SMILES string of the molecule is CC(C)Oc1cc(N2C(=O)OC(C)C2C)ccc1-c1ccccc1. The van der Waals surface area contributed by atoms with Crippen LogP contribution < -0.4 is 9.64 Å². The fourth-order valence-electron chi connectivity index (χ4n) is 2.90. The summed E-state index contributed by atoms with van der Waals surface area (Å²) in [4.78, 5) is 13.8. The molecule has 4 nitrogen and oxygen atoms in total. The van der Waals surface area contributed by atoms with Crippen molar-refractivity contribution in [3.63, 3.8) is 0 Å². The molecule has 2 atom stereocenters. The number of hydrogen-bond donors (Lipinski definition) is 0. The highest BCUT2D eigenvalue weighted by Gasteiger charge is 2.37. The number of hydrogen-bond acceptors (Lipinski definition) is 3. The molecule has 1 amide bonds. The lowest BCUT2D eigenvalue weighted by molar-refractivity contribution is 0.143. The minimum Gasteiger partial charge on any atom is -0.490 e. The summed E-state index contributed by atoms with van der Waals surface area (Å²) in [6.07, 6.45) is -0.386. The first-order valence-corrected chi connectivity index (χ1v) is 8.33. The van der Waals surface area contributed by atoms with E-state index in [0.717, 1.165) is 22.6 Å². The van der Waals surface area contributed by atoms with Crippen molar-refractivity contribution < 1.29 is 14.3 Å². The van der Waals surface area contributed by atoms with Crippen LogP contribution in [0.4, 0.5) is 10.5 Å². The summed E-state index contributed by atoms with van der Waals surface area (Å²) >= 11 is 0. The Labute approximate surface area is 143 Å². The summed E-state index contributed by atoms with van der Waals surface area (Å²) in [6, 6.07) is 16.0. The maximum absolute atomic E-state index is 12.1. The predicted octanol–water partition coefficient (Wildman–Crippen LogP) is 4.87. The molecule has 24 heavy (non-hydrogen) atoms. The topological polar surface area (TPSA) is 38.8 Å². The number of carbonyl (C=O) groups is 1. The zero-order chi connectivity index (χ0) is 17.3. The molecule has 1 heterocycles. The minimum absolute atomic E-state index is 0.00743. The lowest BCUT2D eigenvalue weighted by atomic mass is 10.0. The molecule has 126 valence electrons. The molecule has 0 aromatic heterocycles. The Morgan fingerprint density at radius 2 is 1.79 bits per heavy atom. The lowest BCUT2D eigenvalue weighted by Gasteiger charge is -2.22. The Kier molecular flexibility index (Phi) is 4.47. The third-order valence-electron chi connectivity index (χ3n) is 4.26. The first-order chi connectivity index (χ1) is 11.5. The van der Waals surface area contributed by atoms with Gasteiger partial charge in [-0.1, -0.05) is 30.3 Å². The zero-order valence-electron chi connectivity index (χ0n) is 14.5. The van der Waals surface area contributed by atoms with Crippen LogP contribution in [0.2, 0.25) is 0 Å². The molecule has 1 fully saturated rings. The zero-order valence-corrected chi connectivity index (χ0v) is 14.5. The van der Waals surface area contributed by atoms with Crippen LogP contribution in [-0.2, 0) is 4.74 Å². The van der Waals surface area contributed by atoms with Crippen LogP contribution in [0.5, 0.6) is 5.75 Å². The molecule has 3 rings (SSSR count). The highest BCUT2D eigenvalue weighted by atomic mass is 16.6. The molecule has 0 radical (unpaired) electrons. The van der Waals surface area contributed by atoms with Crippen LogP contribution in [0.25, 0.3) is 11.1 Å². The second-order valence-electron chi connectivity index (χ2n) is 6.41. The van der Waals surface area contributed by atoms with Gasteiger partial charge in [0.2, 0.25) is 0 Å². The molecule has 1 aliphatic heterocycles. The Morgan fingerprint density at radius 1 is 1.08 bits per heavy atom. The first kappa shape index (κ1) is 16.4. The van der Waals surface area contributed by atoms with Crippen molar-refractivity contribution in [2.75, 3.05) is 4.90 Å². The van der Waals surface area contributed by atoms with Crippen LogP contribution in [-0.4, -0.2) is 24.3 Å². The molecule has 1 saturated heterocycles. The van der Waals surface area contributed by atoms with Crippen LogP contribution in [0.3, 0.4) is 0 Å². The Morgan fingerprint density at radius 3 is 2.38 bits per heavy atom. The standard InChI is InChI=1S/C20H23NO3/c1-13(2)23-19-12-17(21-14(3)15(4)24-20(21)22)10-11-18(19)16-8-6-5-7-9-16/h5-15H,1-4H3. The third-order valence-corrected chi connectivity index (χ3v) is 4.26. The van der Waals surface area contributed by atoms with Crippen molar-refractivity contribution in [2.24, 2.45) is 0 Å². The highest BCUT2D eigenvalue weighted by Crippen LogP contribution is 2.36. The van der Waals surface area contributed by atoms with E-state index in [2.05, 4.69) is 12.1 Å². The van der Waals surface area contributed by atoms with E-state index < -0.39 is 0 Å². The van der Waals surface area contributed by atoms with Crippen molar-refractivity contribution in [3.8, 4) is 16.9 Å². The van der Waals surface area contributed by atoms with Crippen molar-refractivity contribution >= 4 is 11.8 Å². The van der Waals surface area contributed by atoms with E-state index in [1.54, 1.807) is 4.90 Å². The monoisotopic (exact) mass is 325 g/mol. The van der Waals surface area contributed by atoms with Gasteiger partial charge in [0.05, 0.1) is 17.8 Å². The highest BCUT2D eigenvalue weighted by molar-refractivity contribution is 5.91. The van der Waals surface area contributed by atoms with Gasteiger partial charge in [0.15, 0.2) is 0 Å². The van der Waals surface area contributed by atoms with Crippen molar-refractivity contribution in [3.05, 3.63) is 48.5 Å². The number of nitrogens with zero attached hydrogens (tertiary/aromatic N) is 1. The summed E-state index contributed by atoms with van der Waals surface area (Å²) in [5.74, 6) is 0.772. The van der Waals surface area contributed by atoms with Crippen LogP contribution in [0.1, 0.15) is 27.7 Å². The second-order valence-corrected chi connectivity index (χ2v) is 6.41. The van der Waals surface area contributed by atoms with E-state index in [-0.39, 0.29) is 24.3 Å². The molecule has 0 N–H and O–H groups in total. The Hall–Kier alpha value is -2.49. The second kappa shape index (κ2) is 6.56. The normalized spacial score (nSPS) is 20.4. The Balaban J connectivity index is 2.03. The fourth-order valence-corrected chi connectivity index (χ4v) is 2.90. The molecule has 2 unspecified atom stereocenters. The molecule has 0 spiro atoms. The fraction of sp³-hybridized carbons (Fsp3) is 0.350. The number of ether oxygens (including phenoxy) is 2. The number of benzene rings is 2. The summed E-state index contributed by atoms with van der Waals surface area (Å²) in [5.41, 5.74) is 2.90. The number of cyclic esters (lactones) is 1. The summed E-state index contributed by atoms with van der Waals surface area (Å²) in [7, 11) is 0. The van der Waals surface area contributed by atoms with Gasteiger partial charge in [-0.2, -0.15) is 0 Å². The largest absolute Gasteiger partial charge is 0.490 e. The van der Waals surface area contributed by atoms with Crippen LogP contribution in [0, 0.1) is 0 Å². The number of anilines is 1. The lowest BCUT2D eigenvalue weighted by Crippen LogP contribution is -2.33. The number of rotatable bonds is 4. The predicted molar refractivity (Wildman–Crippen MR) is 95.5 cm³/mol. The van der Waals surface area contributed by atoms with Crippen molar-refractivity contribution in [1.29, 1.82) is 0 Å². The number of carbonyl (C=O) groups excluding carboxylic acids is 1. The van der Waals surface area contributed by atoms with E-state index in [9.17, 15) is 4.79 Å². The molecular weight excluding hydrogens is 302 g/mol. The number of amides is 1. The van der Waals surface area contributed by atoms with Gasteiger partial charge in [-0.05, 0) is 45.4 Å². The smallest absolute Gasteiger partial charge is 0.415 e. The van der Waals surface area contributed by atoms with Crippen molar-refractivity contribution in [1.82, 2.24) is 0 Å². The van der Waals surface area contributed by atoms with E-state index in [1.165, 1.54) is 0 Å². The molecule has 1 aliphatic rings. The maximum atomic E-state index is 12.1. The van der Waals surface area contributed by atoms with E-state index in [1.807, 2.05) is 64.1 Å². The summed E-state index contributed by atoms with van der Waals surface area (Å²) < 4.78 is 11.3. The summed E-state index contributed by atoms with van der Waals surface area (Å²) in [6.45, 7) is 7.89. The molecule has 0 aliphatic carbocycles. The average Bonchev–Trinajstić information content (AvgIpc) is 2.80. The molecule has 2 aromatic rings. The van der Waals surface area contributed by atoms with Gasteiger partial charge in [0.1, 0.15) is 11.9 Å². The van der Waals surface area contributed by atoms with E-state index >= 15 is 0 Å². The quantitative estimate of drug-likeness (QED) is 0.804. The first-order valence-electron chi connectivity index (χ1n) is 8.33. The molecule has 2 aromatic carbocycles. The van der Waals surface area contributed by atoms with Gasteiger partial charge in [-0.15, -0.1) is 0 Å². The van der Waals surface area contributed by atoms with Gasteiger partial charge in [0.25, 0.3) is 0 Å². The van der Waals surface area contributed by atoms with E-state index in [4.69, 9.17) is 9.47 Å². The van der Waals surface area contributed by atoms with Crippen LogP contribution >= 0.6 is 0 Å². The van der Waals surface area contributed by atoms with E-state index in [0.29, 0.717) is 0 Å². The maximum Gasteiger partial charge on any atom is 0.415 e. The molecule has 0 saturated carbocycles.